The van der Waals surface area contributed by atoms with Gasteiger partial charge in [-0.05, 0) is 12.0 Å². The maximum atomic E-state index is 11.2. The predicted octanol–water partition coefficient (Wildman–Crippen LogP) is 2.21. The summed E-state index contributed by atoms with van der Waals surface area (Å²) in [5.41, 5.74) is 0.954. The van der Waals surface area contributed by atoms with Gasteiger partial charge in [-0.15, -0.1) is 0 Å². The molecule has 6 heteroatoms. The maximum Gasteiger partial charge on any atom is 0.342 e. The van der Waals surface area contributed by atoms with Gasteiger partial charge in [0.25, 0.3) is 0 Å². The highest BCUT2D eigenvalue weighted by Crippen LogP contribution is 2.21. The Bertz CT molecular complexity index is 579. The van der Waals surface area contributed by atoms with Crippen molar-refractivity contribution < 1.29 is 14.6 Å². The minimum Gasteiger partial charge on any atom is -0.477 e. The molecule has 2 rings (SSSR count). The van der Waals surface area contributed by atoms with Crippen molar-refractivity contribution in [3.63, 3.8) is 0 Å². The van der Waals surface area contributed by atoms with Crippen LogP contribution in [0.25, 0.3) is 0 Å². The molecule has 0 unspecified atom stereocenters. The van der Waals surface area contributed by atoms with Crippen molar-refractivity contribution >= 4 is 5.97 Å². The molecule has 0 amide bonds. The molecule has 0 spiro atoms. The summed E-state index contributed by atoms with van der Waals surface area (Å²) in [5, 5.41) is 13.2. The fourth-order valence-electron chi connectivity index (χ4n) is 1.78. The molecule has 0 aliphatic carbocycles. The molecule has 2 aromatic rings. The fourth-order valence-corrected chi connectivity index (χ4v) is 1.78. The van der Waals surface area contributed by atoms with Gasteiger partial charge in [-0.2, -0.15) is 5.10 Å². The number of aromatic nitrogens is 3. The lowest BCUT2D eigenvalue weighted by Crippen LogP contribution is -2.11. The van der Waals surface area contributed by atoms with Crippen molar-refractivity contribution in [1.29, 1.82) is 0 Å². The highest BCUT2D eigenvalue weighted by molar-refractivity contribution is 5.89. The third kappa shape index (κ3) is 3.34. The van der Waals surface area contributed by atoms with Crippen molar-refractivity contribution in [1.82, 2.24) is 14.8 Å². The van der Waals surface area contributed by atoms with Gasteiger partial charge < -0.3 is 9.84 Å². The summed E-state index contributed by atoms with van der Waals surface area (Å²) in [4.78, 5) is 15.2. The summed E-state index contributed by atoms with van der Waals surface area (Å²) in [6, 6.07) is 3.68. The number of rotatable bonds is 6. The second-order valence-electron chi connectivity index (χ2n) is 4.89. The van der Waals surface area contributed by atoms with Crippen LogP contribution in [0.4, 0.5) is 0 Å². The summed E-state index contributed by atoms with van der Waals surface area (Å²) < 4.78 is 7.22. The van der Waals surface area contributed by atoms with Crippen molar-refractivity contribution in [3.05, 3.63) is 41.9 Å². The molecular weight excluding hydrogens is 258 g/mol. The van der Waals surface area contributed by atoms with E-state index in [1.54, 1.807) is 17.1 Å². The van der Waals surface area contributed by atoms with Crippen LogP contribution in [0.5, 0.6) is 5.88 Å². The Morgan fingerprint density at radius 3 is 2.85 bits per heavy atom. The molecule has 20 heavy (non-hydrogen) atoms. The van der Waals surface area contributed by atoms with Crippen LogP contribution >= 0.6 is 0 Å². The molecule has 0 atom stereocenters. The van der Waals surface area contributed by atoms with Gasteiger partial charge >= 0.3 is 5.97 Å². The molecule has 0 fully saturated rings. The number of hydrogen-bond donors (Lipinski definition) is 1. The lowest BCUT2D eigenvalue weighted by atomic mass is 10.2. The topological polar surface area (TPSA) is 77.2 Å². The van der Waals surface area contributed by atoms with Crippen molar-refractivity contribution in [3.8, 4) is 5.88 Å². The van der Waals surface area contributed by atoms with E-state index >= 15 is 0 Å². The molecule has 0 saturated carbocycles. The fraction of sp³-hybridized carbons (Fsp3) is 0.357. The zero-order valence-corrected chi connectivity index (χ0v) is 11.5. The quantitative estimate of drug-likeness (QED) is 0.874. The highest BCUT2D eigenvalue weighted by atomic mass is 16.5. The molecule has 0 aliphatic heterocycles. The molecule has 6 nitrogen and oxygen atoms in total. The van der Waals surface area contributed by atoms with Crippen LogP contribution in [-0.2, 0) is 13.2 Å². The summed E-state index contributed by atoms with van der Waals surface area (Å²) in [6.07, 6.45) is 4.68. The first-order valence-electron chi connectivity index (χ1n) is 6.38. The van der Waals surface area contributed by atoms with Gasteiger partial charge in [-0.3, -0.25) is 4.98 Å². The predicted molar refractivity (Wildman–Crippen MR) is 72.6 cm³/mol. The number of aromatic carboxylic acids is 1. The lowest BCUT2D eigenvalue weighted by molar-refractivity contribution is 0.0690. The Kier molecular flexibility index (Phi) is 4.34. The molecule has 0 bridgehead atoms. The SMILES string of the molecule is CC(C)Cn1ncc(C(=O)O)c1OCc1cccnc1. The molecule has 106 valence electrons. The second kappa shape index (κ2) is 6.18. The second-order valence-corrected chi connectivity index (χ2v) is 4.89. The minimum absolute atomic E-state index is 0.0783. The van der Waals surface area contributed by atoms with Gasteiger partial charge in [0.1, 0.15) is 12.2 Å². The van der Waals surface area contributed by atoms with Gasteiger partial charge in [-0.25, -0.2) is 9.48 Å². The van der Waals surface area contributed by atoms with Crippen molar-refractivity contribution in [2.45, 2.75) is 27.0 Å². The number of pyridine rings is 1. The van der Waals surface area contributed by atoms with Crippen LogP contribution in [0.15, 0.2) is 30.7 Å². The third-order valence-corrected chi connectivity index (χ3v) is 2.66. The van der Waals surface area contributed by atoms with Crippen LogP contribution in [-0.4, -0.2) is 25.8 Å². The van der Waals surface area contributed by atoms with E-state index in [0.29, 0.717) is 12.5 Å². The largest absolute Gasteiger partial charge is 0.477 e. The Morgan fingerprint density at radius 2 is 2.25 bits per heavy atom. The average Bonchev–Trinajstić information content (AvgIpc) is 2.80. The molecular formula is C14H17N3O3. The number of hydrogen-bond acceptors (Lipinski definition) is 4. The van der Waals surface area contributed by atoms with Crippen LogP contribution in [0.1, 0.15) is 29.8 Å². The van der Waals surface area contributed by atoms with Gasteiger partial charge in [0.2, 0.25) is 5.88 Å². The third-order valence-electron chi connectivity index (χ3n) is 2.66. The van der Waals surface area contributed by atoms with Crippen LogP contribution in [0.3, 0.4) is 0 Å². The van der Waals surface area contributed by atoms with E-state index in [1.807, 2.05) is 26.0 Å². The molecule has 2 aromatic heterocycles. The van der Waals surface area contributed by atoms with Gasteiger partial charge in [0.05, 0.1) is 6.20 Å². The van der Waals surface area contributed by atoms with Crippen LogP contribution < -0.4 is 4.74 Å². The molecule has 0 aliphatic rings. The van der Waals surface area contributed by atoms with E-state index in [0.717, 1.165) is 5.56 Å². The van der Waals surface area contributed by atoms with Gasteiger partial charge in [0, 0.05) is 24.5 Å². The zero-order valence-electron chi connectivity index (χ0n) is 11.5. The molecule has 2 heterocycles. The summed E-state index contributed by atoms with van der Waals surface area (Å²) >= 11 is 0. The lowest BCUT2D eigenvalue weighted by Gasteiger charge is -2.12. The van der Waals surface area contributed by atoms with E-state index < -0.39 is 5.97 Å². The summed E-state index contributed by atoms with van der Waals surface area (Å²) in [5.74, 6) is -0.409. The van der Waals surface area contributed by atoms with Crippen LogP contribution in [0, 0.1) is 5.92 Å². The zero-order chi connectivity index (χ0) is 14.5. The number of nitrogens with zero attached hydrogens (tertiary/aromatic N) is 3. The minimum atomic E-state index is -1.04. The number of ether oxygens (including phenoxy) is 1. The summed E-state index contributed by atoms with van der Waals surface area (Å²) in [6.45, 7) is 4.94. The Hall–Kier alpha value is -2.37. The Labute approximate surface area is 117 Å². The smallest absolute Gasteiger partial charge is 0.342 e. The Morgan fingerprint density at radius 1 is 1.45 bits per heavy atom. The standard InChI is InChI=1S/C14H17N3O3/c1-10(2)8-17-13(12(7-16-17)14(18)19)20-9-11-4-3-5-15-6-11/h3-7,10H,8-9H2,1-2H3,(H,18,19). The first kappa shape index (κ1) is 14.0. The van der Waals surface area contributed by atoms with E-state index in [1.165, 1.54) is 6.20 Å². The van der Waals surface area contributed by atoms with Crippen molar-refractivity contribution in [2.24, 2.45) is 5.92 Å². The Balaban J connectivity index is 2.19. The first-order valence-corrected chi connectivity index (χ1v) is 6.38. The molecule has 0 aromatic carbocycles. The highest BCUT2D eigenvalue weighted by Gasteiger charge is 2.19. The maximum absolute atomic E-state index is 11.2. The summed E-state index contributed by atoms with van der Waals surface area (Å²) in [7, 11) is 0. The van der Waals surface area contributed by atoms with Gasteiger partial charge in [0.15, 0.2) is 0 Å². The van der Waals surface area contributed by atoms with Gasteiger partial charge in [-0.1, -0.05) is 19.9 Å². The van der Waals surface area contributed by atoms with E-state index in [9.17, 15) is 4.79 Å². The van der Waals surface area contributed by atoms with E-state index in [4.69, 9.17) is 9.84 Å². The molecule has 1 N–H and O–H groups in total. The first-order chi connectivity index (χ1) is 9.58. The molecule has 0 radical (unpaired) electrons. The normalized spacial score (nSPS) is 10.8. The number of carbonyl (C=O) groups is 1. The number of carboxylic acid groups (broad SMARTS) is 1. The average molecular weight is 275 g/mol. The van der Waals surface area contributed by atoms with Crippen LogP contribution in [0.2, 0.25) is 0 Å². The van der Waals surface area contributed by atoms with Crippen molar-refractivity contribution in [2.75, 3.05) is 0 Å². The number of carboxylic acids is 1. The van der Waals surface area contributed by atoms with E-state index in [2.05, 4.69) is 10.1 Å². The molecule has 0 saturated heterocycles. The monoisotopic (exact) mass is 275 g/mol. The van der Waals surface area contributed by atoms with E-state index in [-0.39, 0.29) is 18.1 Å².